The summed E-state index contributed by atoms with van der Waals surface area (Å²) in [6.45, 7) is 12.7. The Morgan fingerprint density at radius 2 is 1.16 bits per heavy atom. The first-order valence-corrected chi connectivity index (χ1v) is 5.88. The van der Waals surface area contributed by atoms with Gasteiger partial charge in [-0.15, -0.1) is 0 Å². The van der Waals surface area contributed by atoms with E-state index in [0.29, 0.717) is 13.0 Å². The van der Waals surface area contributed by atoms with Crippen LogP contribution >= 0.6 is 0 Å². The Kier molecular flexibility index (Phi) is 179. The van der Waals surface area contributed by atoms with Crippen LogP contribution in [0.5, 0.6) is 0 Å². The Labute approximate surface area is 127 Å². The molecule has 0 bridgehead atoms. The summed E-state index contributed by atoms with van der Waals surface area (Å²) in [6.07, 6.45) is 3.80. The average molecular weight is 285 g/mol. The Morgan fingerprint density at radius 1 is 0.842 bits per heavy atom. The van der Waals surface area contributed by atoms with Crippen LogP contribution in [0.3, 0.4) is 0 Å². The second-order valence-electron chi connectivity index (χ2n) is 2.63. The first-order chi connectivity index (χ1) is 6.72. The molecule has 0 aliphatic heterocycles. The highest BCUT2D eigenvalue weighted by atomic mass is 16.5. The van der Waals surface area contributed by atoms with Crippen molar-refractivity contribution < 1.29 is 9.53 Å². The summed E-state index contributed by atoms with van der Waals surface area (Å²) >= 11 is 0. The molecule has 0 aromatic rings. The number of rotatable bonds is 4. The highest BCUT2D eigenvalue weighted by Gasteiger charge is 1.94. The van der Waals surface area contributed by atoms with Crippen LogP contribution in [0, 0.1) is 0 Å². The van der Waals surface area contributed by atoms with Gasteiger partial charge in [-0.05, 0) is 6.42 Å². The maximum absolute atomic E-state index is 10.5. The minimum Gasteiger partial charge on any atom is -0.466 e. The minimum absolute atomic E-state index is 0. The predicted molar refractivity (Wildman–Crippen MR) is 97.1 cm³/mol. The van der Waals surface area contributed by atoms with Crippen molar-refractivity contribution in [1.29, 1.82) is 0 Å². The Balaban J connectivity index is -0.0000000180. The number of hydrogen-bond acceptors (Lipinski definition) is 2. The fraction of sp³-hybridized carbons (Fsp3) is 0.941. The SMILES string of the molecule is C.C.C.C.C.CC.CCC.CCCCOC(=O)CC. The molecule has 0 spiro atoms. The van der Waals surface area contributed by atoms with Crippen molar-refractivity contribution in [3.8, 4) is 0 Å². The number of hydrogen-bond donors (Lipinski definition) is 0. The molecule has 2 nitrogen and oxygen atoms in total. The van der Waals surface area contributed by atoms with Crippen molar-refractivity contribution >= 4 is 5.97 Å². The smallest absolute Gasteiger partial charge is 0.305 e. The first kappa shape index (κ1) is 51.4. The van der Waals surface area contributed by atoms with E-state index in [2.05, 4.69) is 20.8 Å². The van der Waals surface area contributed by atoms with Crippen molar-refractivity contribution in [2.24, 2.45) is 0 Å². The van der Waals surface area contributed by atoms with E-state index in [-0.39, 0.29) is 43.1 Å². The fourth-order valence-corrected chi connectivity index (χ4v) is 0.432. The van der Waals surface area contributed by atoms with Crippen LogP contribution in [0.1, 0.15) is 104 Å². The molecule has 0 saturated carbocycles. The highest BCUT2D eigenvalue weighted by molar-refractivity contribution is 5.68. The molecule has 0 radical (unpaired) electrons. The van der Waals surface area contributed by atoms with Crippen molar-refractivity contribution in [2.45, 2.75) is 104 Å². The van der Waals surface area contributed by atoms with Crippen molar-refractivity contribution in [3.63, 3.8) is 0 Å². The monoisotopic (exact) mass is 284 g/mol. The van der Waals surface area contributed by atoms with Gasteiger partial charge in [-0.2, -0.15) is 0 Å². The van der Waals surface area contributed by atoms with Gasteiger partial charge in [-0.1, -0.05) is 91.5 Å². The Morgan fingerprint density at radius 3 is 1.37 bits per heavy atom. The summed E-state index contributed by atoms with van der Waals surface area (Å²) in [5.41, 5.74) is 0. The third-order valence-corrected chi connectivity index (χ3v) is 1.05. The summed E-state index contributed by atoms with van der Waals surface area (Å²) in [6, 6.07) is 0. The van der Waals surface area contributed by atoms with Gasteiger partial charge in [-0.25, -0.2) is 0 Å². The molecule has 0 rings (SSSR count). The van der Waals surface area contributed by atoms with Gasteiger partial charge in [0.1, 0.15) is 0 Å². The number of esters is 1. The summed E-state index contributed by atoms with van der Waals surface area (Å²) in [4.78, 5) is 10.5. The molecule has 19 heavy (non-hydrogen) atoms. The van der Waals surface area contributed by atoms with Crippen LogP contribution < -0.4 is 0 Å². The van der Waals surface area contributed by atoms with Crippen LogP contribution in [-0.4, -0.2) is 12.6 Å². The van der Waals surface area contributed by atoms with E-state index in [1.807, 2.05) is 13.8 Å². The quantitative estimate of drug-likeness (QED) is 0.398. The van der Waals surface area contributed by atoms with Gasteiger partial charge >= 0.3 is 5.97 Å². The van der Waals surface area contributed by atoms with E-state index >= 15 is 0 Å². The van der Waals surface area contributed by atoms with Crippen molar-refractivity contribution in [2.75, 3.05) is 6.61 Å². The van der Waals surface area contributed by atoms with Gasteiger partial charge in [0.25, 0.3) is 0 Å². The second-order valence-corrected chi connectivity index (χ2v) is 2.63. The number of unbranched alkanes of at least 4 members (excludes halogenated alkanes) is 1. The molecule has 0 aliphatic rings. The lowest BCUT2D eigenvalue weighted by atomic mass is 10.4. The van der Waals surface area contributed by atoms with E-state index in [0.717, 1.165) is 12.8 Å². The number of ether oxygens (including phenoxy) is 1. The summed E-state index contributed by atoms with van der Waals surface area (Å²) in [5, 5.41) is 0. The van der Waals surface area contributed by atoms with E-state index in [1.165, 1.54) is 6.42 Å². The lowest BCUT2D eigenvalue weighted by Crippen LogP contribution is -2.02. The molecular formula is C17H48O2. The van der Waals surface area contributed by atoms with Crippen molar-refractivity contribution in [3.05, 3.63) is 0 Å². The van der Waals surface area contributed by atoms with Gasteiger partial charge in [-0.3, -0.25) is 4.79 Å². The average Bonchev–Trinajstić information content (AvgIpc) is 2.22. The Bertz CT molecular complexity index is 91.3. The molecule has 0 heterocycles. The maximum atomic E-state index is 10.5. The van der Waals surface area contributed by atoms with Gasteiger partial charge in [0.15, 0.2) is 0 Å². The van der Waals surface area contributed by atoms with E-state index in [9.17, 15) is 4.79 Å². The normalized spacial score (nSPS) is 5.58. The first-order valence-electron chi connectivity index (χ1n) is 5.88. The van der Waals surface area contributed by atoms with Crippen LogP contribution in [0.15, 0.2) is 0 Å². The highest BCUT2D eigenvalue weighted by Crippen LogP contribution is 1.90. The molecular weight excluding hydrogens is 236 g/mol. The maximum Gasteiger partial charge on any atom is 0.305 e. The summed E-state index contributed by atoms with van der Waals surface area (Å²) < 4.78 is 4.79. The molecule has 0 amide bonds. The van der Waals surface area contributed by atoms with E-state index < -0.39 is 0 Å². The molecule has 2 heteroatoms. The summed E-state index contributed by atoms with van der Waals surface area (Å²) in [7, 11) is 0. The van der Waals surface area contributed by atoms with Crippen molar-refractivity contribution in [1.82, 2.24) is 0 Å². The predicted octanol–water partition coefficient (Wildman–Crippen LogP) is 7.36. The van der Waals surface area contributed by atoms with Crippen LogP contribution in [0.2, 0.25) is 0 Å². The molecule has 0 saturated heterocycles. The van der Waals surface area contributed by atoms with Crippen LogP contribution in [0.4, 0.5) is 0 Å². The largest absolute Gasteiger partial charge is 0.466 e. The molecule has 128 valence electrons. The molecule has 0 aromatic heterocycles. The molecule has 0 fully saturated rings. The van der Waals surface area contributed by atoms with Crippen LogP contribution in [-0.2, 0) is 9.53 Å². The van der Waals surface area contributed by atoms with Gasteiger partial charge in [0, 0.05) is 6.42 Å². The topological polar surface area (TPSA) is 26.3 Å². The molecule has 0 N–H and O–H groups in total. The Hall–Kier alpha value is -0.530. The zero-order valence-corrected chi connectivity index (χ0v) is 10.9. The third-order valence-electron chi connectivity index (χ3n) is 1.05. The molecule has 0 aromatic carbocycles. The second kappa shape index (κ2) is 66.1. The van der Waals surface area contributed by atoms with Gasteiger partial charge in [0.2, 0.25) is 0 Å². The zero-order valence-electron chi connectivity index (χ0n) is 10.9. The summed E-state index contributed by atoms with van der Waals surface area (Å²) in [5.74, 6) is -0.0940. The zero-order chi connectivity index (χ0) is 11.8. The number of carbonyl (C=O) groups is 1. The lowest BCUT2D eigenvalue weighted by molar-refractivity contribution is -0.143. The number of carbonyl (C=O) groups excluding carboxylic acids is 1. The third kappa shape index (κ3) is 99.9. The van der Waals surface area contributed by atoms with E-state index in [4.69, 9.17) is 4.74 Å². The van der Waals surface area contributed by atoms with Gasteiger partial charge < -0.3 is 4.74 Å². The van der Waals surface area contributed by atoms with E-state index in [1.54, 1.807) is 6.92 Å². The molecule has 0 aliphatic carbocycles. The standard InChI is InChI=1S/C7H14O2.C3H8.C2H6.5CH4/c1-3-5-6-9-7(8)4-2;1-3-2;1-2;;;;;/h3-6H2,1-2H3;3H2,1-2H3;1-2H3;5*1H4. The fourth-order valence-electron chi connectivity index (χ4n) is 0.432. The minimum atomic E-state index is -0.0940. The molecule has 0 atom stereocenters. The lowest BCUT2D eigenvalue weighted by Gasteiger charge is -1.99. The molecule has 0 unspecified atom stereocenters. The van der Waals surface area contributed by atoms with Gasteiger partial charge in [0.05, 0.1) is 6.61 Å². The van der Waals surface area contributed by atoms with Crippen LogP contribution in [0.25, 0.3) is 0 Å².